The molecule has 0 aliphatic carbocycles. The average molecular weight is 329 g/mol. The number of aryl methyl sites for hydroxylation is 1. The maximum atomic E-state index is 12.1. The van der Waals surface area contributed by atoms with Gasteiger partial charge in [0.15, 0.2) is 0 Å². The van der Waals surface area contributed by atoms with Crippen LogP contribution in [-0.4, -0.2) is 17.7 Å². The monoisotopic (exact) mass is 329 g/mol. The minimum Gasteiger partial charge on any atom is -0.469 e. The van der Waals surface area contributed by atoms with Gasteiger partial charge in [0.1, 0.15) is 5.76 Å². The van der Waals surface area contributed by atoms with Gasteiger partial charge in [0.25, 0.3) is 5.91 Å². The zero-order valence-electron chi connectivity index (χ0n) is 13.5. The maximum absolute atomic E-state index is 12.1. The van der Waals surface area contributed by atoms with E-state index in [1.165, 1.54) is 19.3 Å². The number of benzene rings is 1. The van der Waals surface area contributed by atoms with Crippen LogP contribution in [0.2, 0.25) is 0 Å². The molecule has 0 aliphatic heterocycles. The van der Waals surface area contributed by atoms with E-state index in [1.807, 2.05) is 30.3 Å². The number of hydrogen-bond donors (Lipinski definition) is 3. The molecule has 7 heteroatoms. The predicted molar refractivity (Wildman–Crippen MR) is 86.7 cm³/mol. The van der Waals surface area contributed by atoms with Gasteiger partial charge < -0.3 is 9.73 Å². The summed E-state index contributed by atoms with van der Waals surface area (Å²) in [5.41, 5.74) is 5.81. The third-order valence-corrected chi connectivity index (χ3v) is 3.39. The number of hydrogen-bond acceptors (Lipinski definition) is 4. The second kappa shape index (κ2) is 7.96. The number of hydrazine groups is 1. The van der Waals surface area contributed by atoms with Gasteiger partial charge in [0, 0.05) is 6.92 Å². The number of carbonyl (C=O) groups excluding carboxylic acids is 3. The van der Waals surface area contributed by atoms with Crippen molar-refractivity contribution in [1.29, 1.82) is 0 Å². The summed E-state index contributed by atoms with van der Waals surface area (Å²) in [6, 6.07) is 10.2. The van der Waals surface area contributed by atoms with Crippen LogP contribution in [0.5, 0.6) is 0 Å². The molecule has 3 amide bonds. The van der Waals surface area contributed by atoms with E-state index in [1.54, 1.807) is 6.92 Å². The van der Waals surface area contributed by atoms with Crippen molar-refractivity contribution in [3.05, 3.63) is 59.5 Å². The highest BCUT2D eigenvalue weighted by Gasteiger charge is 2.18. The van der Waals surface area contributed by atoms with Crippen LogP contribution in [0.1, 0.15) is 41.1 Å². The zero-order chi connectivity index (χ0) is 17.5. The molecule has 7 nitrogen and oxygen atoms in total. The van der Waals surface area contributed by atoms with Crippen LogP contribution in [0.3, 0.4) is 0 Å². The van der Waals surface area contributed by atoms with Gasteiger partial charge in [0.2, 0.25) is 11.8 Å². The second-order valence-corrected chi connectivity index (χ2v) is 5.26. The summed E-state index contributed by atoms with van der Waals surface area (Å²) in [5.74, 6) is -0.672. The molecule has 0 aliphatic rings. The maximum Gasteiger partial charge on any atom is 0.273 e. The lowest BCUT2D eigenvalue weighted by Gasteiger charge is -2.18. The lowest BCUT2D eigenvalue weighted by atomic mass is 10.0. The Kier molecular flexibility index (Phi) is 5.73. The van der Waals surface area contributed by atoms with Gasteiger partial charge in [-0.3, -0.25) is 25.2 Å². The first kappa shape index (κ1) is 17.3. The van der Waals surface area contributed by atoms with Crippen LogP contribution in [0.4, 0.5) is 0 Å². The molecule has 0 saturated carbocycles. The van der Waals surface area contributed by atoms with Crippen molar-refractivity contribution in [1.82, 2.24) is 16.2 Å². The van der Waals surface area contributed by atoms with Crippen molar-refractivity contribution in [2.45, 2.75) is 26.3 Å². The molecular formula is C17H19N3O4. The van der Waals surface area contributed by atoms with Crippen molar-refractivity contribution < 1.29 is 18.8 Å². The minimum absolute atomic E-state index is 0.00571. The molecule has 0 spiro atoms. The van der Waals surface area contributed by atoms with Crippen molar-refractivity contribution in [3.8, 4) is 0 Å². The van der Waals surface area contributed by atoms with Gasteiger partial charge in [-0.15, -0.1) is 0 Å². The lowest BCUT2D eigenvalue weighted by Crippen LogP contribution is -2.43. The number of furan rings is 1. The first-order valence-electron chi connectivity index (χ1n) is 7.42. The molecule has 0 radical (unpaired) electrons. The molecule has 0 unspecified atom stereocenters. The Morgan fingerprint density at radius 1 is 1.08 bits per heavy atom. The van der Waals surface area contributed by atoms with Crippen molar-refractivity contribution in [2.75, 3.05) is 0 Å². The number of carbonyl (C=O) groups is 3. The average Bonchev–Trinajstić information content (AvgIpc) is 2.98. The fraction of sp³-hybridized carbons (Fsp3) is 0.235. The highest BCUT2D eigenvalue weighted by Crippen LogP contribution is 2.16. The van der Waals surface area contributed by atoms with Crippen molar-refractivity contribution >= 4 is 17.7 Å². The third kappa shape index (κ3) is 4.70. The summed E-state index contributed by atoms with van der Waals surface area (Å²) in [7, 11) is 0. The molecular weight excluding hydrogens is 310 g/mol. The highest BCUT2D eigenvalue weighted by atomic mass is 16.3. The molecule has 1 aromatic carbocycles. The second-order valence-electron chi connectivity index (χ2n) is 5.26. The molecule has 2 rings (SSSR count). The standard InChI is InChI=1S/C17H19N3O4/c1-11-14(8-9-24-11)17(23)20-19-16(22)10-15(18-12(2)21)13-6-4-3-5-7-13/h3-9,15H,10H2,1-2H3,(H,18,21)(H,19,22)(H,20,23)/t15-/m0/s1. The Hall–Kier alpha value is -3.09. The molecule has 24 heavy (non-hydrogen) atoms. The minimum atomic E-state index is -0.476. The molecule has 0 fully saturated rings. The van der Waals surface area contributed by atoms with Gasteiger partial charge in [-0.2, -0.15) is 0 Å². The summed E-state index contributed by atoms with van der Waals surface area (Å²) in [5, 5.41) is 2.72. The first-order valence-corrected chi connectivity index (χ1v) is 7.42. The van der Waals surface area contributed by atoms with Gasteiger partial charge >= 0.3 is 0 Å². The SMILES string of the molecule is CC(=O)N[C@@H](CC(=O)NNC(=O)c1ccoc1C)c1ccccc1. The molecule has 0 bridgehead atoms. The molecule has 2 aromatic rings. The summed E-state index contributed by atoms with van der Waals surface area (Å²) in [4.78, 5) is 35.3. The van der Waals surface area contributed by atoms with Crippen LogP contribution in [0.25, 0.3) is 0 Å². The van der Waals surface area contributed by atoms with E-state index in [0.29, 0.717) is 11.3 Å². The van der Waals surface area contributed by atoms with E-state index in [9.17, 15) is 14.4 Å². The Morgan fingerprint density at radius 3 is 2.38 bits per heavy atom. The molecule has 1 atom stereocenters. The molecule has 3 N–H and O–H groups in total. The fourth-order valence-electron chi connectivity index (χ4n) is 2.23. The van der Waals surface area contributed by atoms with Gasteiger partial charge in [0.05, 0.1) is 24.3 Å². The Morgan fingerprint density at radius 2 is 1.79 bits per heavy atom. The lowest BCUT2D eigenvalue weighted by molar-refractivity contribution is -0.123. The number of rotatable bonds is 5. The largest absolute Gasteiger partial charge is 0.469 e. The van der Waals surface area contributed by atoms with E-state index < -0.39 is 17.9 Å². The van der Waals surface area contributed by atoms with E-state index >= 15 is 0 Å². The Balaban J connectivity index is 1.94. The quantitative estimate of drug-likeness (QED) is 0.726. The summed E-state index contributed by atoms with van der Waals surface area (Å²) >= 11 is 0. The van der Waals surface area contributed by atoms with E-state index in [-0.39, 0.29) is 12.3 Å². The smallest absolute Gasteiger partial charge is 0.273 e. The number of amides is 3. The first-order chi connectivity index (χ1) is 11.5. The zero-order valence-corrected chi connectivity index (χ0v) is 13.5. The predicted octanol–water partition coefficient (Wildman–Crippen LogP) is 1.62. The Bertz CT molecular complexity index is 724. The molecule has 1 heterocycles. The van der Waals surface area contributed by atoms with E-state index in [0.717, 1.165) is 5.56 Å². The fourth-order valence-corrected chi connectivity index (χ4v) is 2.23. The molecule has 0 saturated heterocycles. The summed E-state index contributed by atoms with van der Waals surface area (Å²) in [6.07, 6.45) is 1.39. The number of nitrogens with one attached hydrogen (secondary N) is 3. The van der Waals surface area contributed by atoms with Crippen molar-refractivity contribution in [2.24, 2.45) is 0 Å². The topological polar surface area (TPSA) is 100 Å². The van der Waals surface area contributed by atoms with Crippen LogP contribution in [-0.2, 0) is 9.59 Å². The van der Waals surface area contributed by atoms with E-state index in [2.05, 4.69) is 16.2 Å². The van der Waals surface area contributed by atoms with Crippen LogP contribution < -0.4 is 16.2 Å². The summed E-state index contributed by atoms with van der Waals surface area (Å²) < 4.78 is 5.04. The third-order valence-electron chi connectivity index (χ3n) is 3.39. The molecule has 126 valence electrons. The molecule has 1 aromatic heterocycles. The van der Waals surface area contributed by atoms with Crippen LogP contribution >= 0.6 is 0 Å². The van der Waals surface area contributed by atoms with Crippen LogP contribution in [0, 0.1) is 6.92 Å². The Labute approximate surface area is 139 Å². The van der Waals surface area contributed by atoms with Gasteiger partial charge in [-0.05, 0) is 18.6 Å². The van der Waals surface area contributed by atoms with Crippen molar-refractivity contribution in [3.63, 3.8) is 0 Å². The van der Waals surface area contributed by atoms with Gasteiger partial charge in [-0.1, -0.05) is 30.3 Å². The summed E-state index contributed by atoms with van der Waals surface area (Å²) in [6.45, 7) is 3.04. The van der Waals surface area contributed by atoms with E-state index in [4.69, 9.17) is 4.42 Å². The van der Waals surface area contributed by atoms with Gasteiger partial charge in [-0.25, -0.2) is 0 Å². The normalized spacial score (nSPS) is 11.4. The van der Waals surface area contributed by atoms with Crippen LogP contribution in [0.15, 0.2) is 47.1 Å². The highest BCUT2D eigenvalue weighted by molar-refractivity contribution is 5.96.